The smallest absolute Gasteiger partial charge is 0.179 e. The molecule has 0 saturated carbocycles. The first-order chi connectivity index (χ1) is 8.65. The molecular formula is C12H10BrN3S2. The first kappa shape index (κ1) is 12.1. The summed E-state index contributed by atoms with van der Waals surface area (Å²) in [5.41, 5.74) is 4.45. The quantitative estimate of drug-likeness (QED) is 0.707. The minimum absolute atomic E-state index is 0.709. The summed E-state index contributed by atoms with van der Waals surface area (Å²) in [7, 11) is 0. The van der Waals surface area contributed by atoms with Gasteiger partial charge in [0.15, 0.2) is 10.4 Å². The third kappa shape index (κ3) is 2.04. The molecule has 0 aliphatic carbocycles. The first-order valence-corrected chi connectivity index (χ1v) is 7.55. The Hall–Kier alpha value is -0.980. The van der Waals surface area contributed by atoms with Crippen molar-refractivity contribution in [2.45, 2.75) is 13.5 Å². The highest BCUT2D eigenvalue weighted by Gasteiger charge is 2.08. The van der Waals surface area contributed by atoms with Gasteiger partial charge in [-0.05, 0) is 63.0 Å². The number of rotatable bonds is 2. The molecule has 0 radical (unpaired) electrons. The SMILES string of the molecule is Cc1cscc1Cn1c(=S)[nH]c2cc(Br)cnc21. The summed E-state index contributed by atoms with van der Waals surface area (Å²) in [6.45, 7) is 2.89. The third-order valence-corrected chi connectivity index (χ3v) is 4.53. The van der Waals surface area contributed by atoms with Crippen LogP contribution < -0.4 is 0 Å². The van der Waals surface area contributed by atoms with Gasteiger partial charge in [0.2, 0.25) is 0 Å². The second-order valence-corrected chi connectivity index (χ2v) is 6.17. The molecule has 3 heterocycles. The van der Waals surface area contributed by atoms with Gasteiger partial charge in [0.25, 0.3) is 0 Å². The van der Waals surface area contributed by atoms with E-state index in [1.807, 2.05) is 10.6 Å². The largest absolute Gasteiger partial charge is 0.329 e. The predicted molar refractivity (Wildman–Crippen MR) is 80.8 cm³/mol. The van der Waals surface area contributed by atoms with Crippen molar-refractivity contribution >= 4 is 50.6 Å². The van der Waals surface area contributed by atoms with Crippen molar-refractivity contribution in [1.82, 2.24) is 14.5 Å². The molecule has 0 spiro atoms. The number of aromatic amines is 1. The van der Waals surface area contributed by atoms with Gasteiger partial charge in [0, 0.05) is 10.7 Å². The van der Waals surface area contributed by atoms with Gasteiger partial charge in [0.05, 0.1) is 12.1 Å². The maximum Gasteiger partial charge on any atom is 0.179 e. The molecule has 0 atom stereocenters. The lowest BCUT2D eigenvalue weighted by molar-refractivity contribution is 0.799. The number of nitrogens with zero attached hydrogens (tertiary/aromatic N) is 2. The predicted octanol–water partition coefficient (Wildman–Crippen LogP) is 4.27. The Labute approximate surface area is 122 Å². The van der Waals surface area contributed by atoms with Crippen molar-refractivity contribution in [2.24, 2.45) is 0 Å². The van der Waals surface area contributed by atoms with Crippen LogP contribution in [0, 0.1) is 11.7 Å². The fourth-order valence-electron chi connectivity index (χ4n) is 1.88. The molecule has 0 aromatic carbocycles. The first-order valence-electron chi connectivity index (χ1n) is 5.41. The number of thiophene rings is 1. The second-order valence-electron chi connectivity index (χ2n) is 4.12. The molecule has 3 aromatic rings. The van der Waals surface area contributed by atoms with Gasteiger partial charge in [-0.25, -0.2) is 4.98 Å². The fraction of sp³-hybridized carbons (Fsp3) is 0.167. The molecule has 0 saturated heterocycles. The van der Waals surface area contributed by atoms with Gasteiger partial charge in [-0.15, -0.1) is 0 Å². The number of hydrogen-bond acceptors (Lipinski definition) is 3. The summed E-state index contributed by atoms with van der Waals surface area (Å²) in [4.78, 5) is 7.62. The number of pyridine rings is 1. The molecule has 0 amide bonds. The van der Waals surface area contributed by atoms with Gasteiger partial charge in [-0.2, -0.15) is 11.3 Å². The second kappa shape index (κ2) is 4.60. The van der Waals surface area contributed by atoms with Crippen molar-refractivity contribution in [2.75, 3.05) is 0 Å². The highest BCUT2D eigenvalue weighted by molar-refractivity contribution is 9.10. The summed E-state index contributed by atoms with van der Waals surface area (Å²) >= 11 is 10.5. The summed E-state index contributed by atoms with van der Waals surface area (Å²) in [6.07, 6.45) is 1.79. The van der Waals surface area contributed by atoms with E-state index in [0.717, 1.165) is 22.2 Å². The van der Waals surface area contributed by atoms with Gasteiger partial charge < -0.3 is 4.98 Å². The highest BCUT2D eigenvalue weighted by Crippen LogP contribution is 2.20. The Morgan fingerprint density at radius 3 is 3.06 bits per heavy atom. The Kier molecular flexibility index (Phi) is 3.09. The van der Waals surface area contributed by atoms with Crippen molar-refractivity contribution in [1.29, 1.82) is 0 Å². The molecule has 0 unspecified atom stereocenters. The van der Waals surface area contributed by atoms with Crippen LogP contribution in [-0.4, -0.2) is 14.5 Å². The van der Waals surface area contributed by atoms with E-state index in [9.17, 15) is 0 Å². The van der Waals surface area contributed by atoms with Gasteiger partial charge in [-0.1, -0.05) is 0 Å². The van der Waals surface area contributed by atoms with Crippen LogP contribution in [0.15, 0.2) is 27.5 Å². The average molecular weight is 340 g/mol. The van der Waals surface area contributed by atoms with Crippen molar-refractivity contribution in [3.63, 3.8) is 0 Å². The maximum atomic E-state index is 5.37. The molecular weight excluding hydrogens is 330 g/mol. The number of halogens is 1. The molecule has 0 aliphatic heterocycles. The van der Waals surface area contributed by atoms with Crippen LogP contribution in [0.3, 0.4) is 0 Å². The molecule has 3 rings (SSSR count). The fourth-order valence-corrected chi connectivity index (χ4v) is 3.32. The lowest BCUT2D eigenvalue weighted by Crippen LogP contribution is -2.00. The Balaban J connectivity index is 2.15. The molecule has 18 heavy (non-hydrogen) atoms. The van der Waals surface area contributed by atoms with E-state index in [2.05, 4.69) is 43.6 Å². The van der Waals surface area contributed by atoms with Gasteiger partial charge in [0.1, 0.15) is 0 Å². The van der Waals surface area contributed by atoms with E-state index in [1.165, 1.54) is 11.1 Å². The van der Waals surface area contributed by atoms with Gasteiger partial charge >= 0.3 is 0 Å². The maximum absolute atomic E-state index is 5.37. The van der Waals surface area contributed by atoms with E-state index in [1.54, 1.807) is 17.5 Å². The molecule has 0 fully saturated rings. The average Bonchev–Trinajstić information content (AvgIpc) is 2.85. The van der Waals surface area contributed by atoms with Crippen molar-refractivity contribution in [3.8, 4) is 0 Å². The zero-order chi connectivity index (χ0) is 12.7. The zero-order valence-corrected chi connectivity index (χ0v) is 12.8. The lowest BCUT2D eigenvalue weighted by Gasteiger charge is -2.03. The molecule has 3 aromatic heterocycles. The van der Waals surface area contributed by atoms with Crippen molar-refractivity contribution in [3.05, 3.63) is 43.4 Å². The standard InChI is InChI=1S/C12H10BrN3S2/c1-7-5-18-6-8(7)4-16-11-10(15-12(16)17)2-9(13)3-14-11/h2-3,5-6H,4H2,1H3,(H,15,17). The van der Waals surface area contributed by atoms with Crippen LogP contribution in [0.25, 0.3) is 11.2 Å². The summed E-state index contributed by atoms with van der Waals surface area (Å²) in [5.74, 6) is 0. The van der Waals surface area contributed by atoms with Crippen LogP contribution >= 0.6 is 39.5 Å². The van der Waals surface area contributed by atoms with E-state index in [4.69, 9.17) is 12.2 Å². The molecule has 6 heteroatoms. The number of hydrogen-bond donors (Lipinski definition) is 1. The normalized spacial score (nSPS) is 11.2. The van der Waals surface area contributed by atoms with E-state index < -0.39 is 0 Å². The van der Waals surface area contributed by atoms with E-state index >= 15 is 0 Å². The summed E-state index contributed by atoms with van der Waals surface area (Å²) in [5, 5.41) is 4.31. The molecule has 1 N–H and O–H groups in total. The number of aryl methyl sites for hydroxylation is 1. The molecule has 3 nitrogen and oxygen atoms in total. The molecule has 0 aliphatic rings. The van der Waals surface area contributed by atoms with Crippen LogP contribution in [-0.2, 0) is 6.54 Å². The third-order valence-electron chi connectivity index (χ3n) is 2.87. The van der Waals surface area contributed by atoms with E-state index in [-0.39, 0.29) is 0 Å². The van der Waals surface area contributed by atoms with Crippen LogP contribution in [0.2, 0.25) is 0 Å². The summed E-state index contributed by atoms with van der Waals surface area (Å²) in [6, 6.07) is 2.00. The number of nitrogens with one attached hydrogen (secondary N) is 1. The Bertz CT molecular complexity index is 769. The number of fused-ring (bicyclic) bond motifs is 1. The van der Waals surface area contributed by atoms with E-state index in [0.29, 0.717) is 4.77 Å². The number of imidazole rings is 1. The molecule has 92 valence electrons. The van der Waals surface area contributed by atoms with Crippen molar-refractivity contribution < 1.29 is 0 Å². The van der Waals surface area contributed by atoms with Crippen LogP contribution in [0.5, 0.6) is 0 Å². The number of H-pyrrole nitrogens is 1. The minimum atomic E-state index is 0.709. The minimum Gasteiger partial charge on any atom is -0.329 e. The van der Waals surface area contributed by atoms with Gasteiger partial charge in [-0.3, -0.25) is 4.57 Å². The van der Waals surface area contributed by atoms with Crippen LogP contribution in [0.1, 0.15) is 11.1 Å². The molecule has 0 bridgehead atoms. The zero-order valence-electron chi connectivity index (χ0n) is 9.61. The lowest BCUT2D eigenvalue weighted by atomic mass is 10.2. The van der Waals surface area contributed by atoms with Crippen LogP contribution in [0.4, 0.5) is 0 Å². The summed E-state index contributed by atoms with van der Waals surface area (Å²) < 4.78 is 3.69. The number of aromatic nitrogens is 3. The topological polar surface area (TPSA) is 33.6 Å². The Morgan fingerprint density at radius 2 is 2.33 bits per heavy atom. The monoisotopic (exact) mass is 339 g/mol. The Morgan fingerprint density at radius 1 is 1.50 bits per heavy atom. The highest BCUT2D eigenvalue weighted by atomic mass is 79.9.